The predicted molar refractivity (Wildman–Crippen MR) is 98.2 cm³/mol. The predicted octanol–water partition coefficient (Wildman–Crippen LogP) is 0.260. The molecule has 2 rings (SSSR count). The van der Waals surface area contributed by atoms with Gasteiger partial charge < -0.3 is 10.1 Å². The fourth-order valence-corrected chi connectivity index (χ4v) is 5.08. The van der Waals surface area contributed by atoms with Crippen molar-refractivity contribution in [2.24, 2.45) is 5.92 Å². The molecule has 1 fully saturated rings. The Balaban J connectivity index is 1.93. The first-order chi connectivity index (χ1) is 12.2. The first kappa shape index (κ1) is 21.0. The fraction of sp³-hybridized carbons (Fsp3) is 0.692. The SMILES string of the molecule is COC(=O)CSc1nnc(NC(=O)[C@@H]2CCCN(S(=O)(=O)N(C)C)C2)s1. The summed E-state index contributed by atoms with van der Waals surface area (Å²) in [5.74, 6) is -1.00. The molecule has 1 aliphatic rings. The summed E-state index contributed by atoms with van der Waals surface area (Å²) >= 11 is 2.32. The highest BCUT2D eigenvalue weighted by atomic mass is 32.2. The van der Waals surface area contributed by atoms with Gasteiger partial charge in [-0.3, -0.25) is 9.59 Å². The number of ether oxygens (including phenoxy) is 1. The first-order valence-corrected chi connectivity index (χ1v) is 11.0. The molecule has 0 saturated carbocycles. The Morgan fingerprint density at radius 3 is 2.81 bits per heavy atom. The van der Waals surface area contributed by atoms with Crippen LogP contribution in [0.3, 0.4) is 0 Å². The number of anilines is 1. The van der Waals surface area contributed by atoms with Crippen LogP contribution in [-0.4, -0.2) is 79.1 Å². The van der Waals surface area contributed by atoms with Gasteiger partial charge in [0, 0.05) is 27.2 Å². The van der Waals surface area contributed by atoms with E-state index in [1.54, 1.807) is 0 Å². The van der Waals surface area contributed by atoms with Gasteiger partial charge in [-0.1, -0.05) is 23.1 Å². The first-order valence-electron chi connectivity index (χ1n) is 7.75. The van der Waals surface area contributed by atoms with Crippen molar-refractivity contribution in [3.63, 3.8) is 0 Å². The lowest BCUT2D eigenvalue weighted by Crippen LogP contribution is -2.47. The molecule has 1 aromatic heterocycles. The molecule has 0 radical (unpaired) electrons. The summed E-state index contributed by atoms with van der Waals surface area (Å²) in [6.45, 7) is 0.534. The number of aromatic nitrogens is 2. The average molecular weight is 424 g/mol. The summed E-state index contributed by atoms with van der Waals surface area (Å²) in [4.78, 5) is 23.6. The number of carbonyl (C=O) groups excluding carboxylic acids is 2. The molecule has 0 bridgehead atoms. The van der Waals surface area contributed by atoms with E-state index in [0.29, 0.717) is 28.9 Å². The molecule has 146 valence electrons. The monoisotopic (exact) mass is 423 g/mol. The van der Waals surface area contributed by atoms with Gasteiger partial charge in [-0.05, 0) is 12.8 Å². The van der Waals surface area contributed by atoms with Crippen LogP contribution in [0.2, 0.25) is 0 Å². The number of methoxy groups -OCH3 is 1. The van der Waals surface area contributed by atoms with E-state index in [1.165, 1.54) is 37.3 Å². The van der Waals surface area contributed by atoms with Gasteiger partial charge >= 0.3 is 5.97 Å². The maximum Gasteiger partial charge on any atom is 0.316 e. The lowest BCUT2D eigenvalue weighted by Gasteiger charge is -2.32. The van der Waals surface area contributed by atoms with Crippen molar-refractivity contribution in [2.75, 3.05) is 45.4 Å². The Morgan fingerprint density at radius 1 is 1.42 bits per heavy atom. The van der Waals surface area contributed by atoms with Crippen molar-refractivity contribution in [3.8, 4) is 0 Å². The summed E-state index contributed by atoms with van der Waals surface area (Å²) in [6.07, 6.45) is 1.22. The third-order valence-electron chi connectivity index (χ3n) is 3.72. The van der Waals surface area contributed by atoms with Gasteiger partial charge in [0.2, 0.25) is 11.0 Å². The van der Waals surface area contributed by atoms with Crippen LogP contribution in [0.1, 0.15) is 12.8 Å². The number of hydrogen-bond donors (Lipinski definition) is 1. The van der Waals surface area contributed by atoms with Gasteiger partial charge in [0.25, 0.3) is 10.2 Å². The van der Waals surface area contributed by atoms with E-state index in [2.05, 4.69) is 20.3 Å². The lowest BCUT2D eigenvalue weighted by molar-refractivity contribution is -0.137. The summed E-state index contributed by atoms with van der Waals surface area (Å²) in [5, 5.41) is 10.8. The van der Waals surface area contributed by atoms with Crippen LogP contribution in [0.25, 0.3) is 0 Å². The van der Waals surface area contributed by atoms with Gasteiger partial charge in [-0.2, -0.15) is 17.0 Å². The molecular formula is C13H21N5O5S3. The van der Waals surface area contributed by atoms with E-state index in [4.69, 9.17) is 0 Å². The Hall–Kier alpha value is -1.28. The van der Waals surface area contributed by atoms with Crippen LogP contribution in [-0.2, 0) is 24.5 Å². The van der Waals surface area contributed by atoms with Gasteiger partial charge in [-0.25, -0.2) is 0 Å². The molecule has 0 spiro atoms. The summed E-state index contributed by atoms with van der Waals surface area (Å²) in [6, 6.07) is 0. The van der Waals surface area contributed by atoms with Crippen molar-refractivity contribution in [3.05, 3.63) is 0 Å². The van der Waals surface area contributed by atoms with Gasteiger partial charge in [0.1, 0.15) is 0 Å². The standard InChI is InChI=1S/C13H21N5O5S3/c1-17(2)26(21,22)18-6-4-5-9(7-18)11(20)14-12-15-16-13(25-12)24-8-10(19)23-3/h9H,4-8H2,1-3H3,(H,14,15,20)/t9-/m1/s1. The van der Waals surface area contributed by atoms with Crippen LogP contribution in [0.15, 0.2) is 4.34 Å². The number of carbonyl (C=O) groups is 2. The molecule has 1 aliphatic heterocycles. The molecule has 1 saturated heterocycles. The normalized spacial score (nSPS) is 18.7. The van der Waals surface area contributed by atoms with Crippen molar-refractivity contribution in [2.45, 2.75) is 17.2 Å². The van der Waals surface area contributed by atoms with E-state index >= 15 is 0 Å². The van der Waals surface area contributed by atoms with Crippen molar-refractivity contribution in [1.82, 2.24) is 18.8 Å². The molecular weight excluding hydrogens is 402 g/mol. The molecule has 26 heavy (non-hydrogen) atoms. The van der Waals surface area contributed by atoms with Crippen molar-refractivity contribution < 1.29 is 22.7 Å². The Kier molecular flexibility index (Phi) is 7.34. The second-order valence-corrected chi connectivity index (χ2v) is 10.1. The fourth-order valence-electron chi connectivity index (χ4n) is 2.30. The van der Waals surface area contributed by atoms with Crippen LogP contribution in [0, 0.1) is 5.92 Å². The number of esters is 1. The highest BCUT2D eigenvalue weighted by Crippen LogP contribution is 2.27. The zero-order valence-electron chi connectivity index (χ0n) is 14.7. The largest absolute Gasteiger partial charge is 0.468 e. The van der Waals surface area contributed by atoms with E-state index in [1.807, 2.05) is 0 Å². The lowest BCUT2D eigenvalue weighted by atomic mass is 9.99. The maximum absolute atomic E-state index is 12.4. The highest BCUT2D eigenvalue weighted by molar-refractivity contribution is 8.01. The number of thioether (sulfide) groups is 1. The molecule has 0 aliphatic carbocycles. The molecule has 0 unspecified atom stereocenters. The summed E-state index contributed by atoms with van der Waals surface area (Å²) in [7, 11) is 0.697. The molecule has 0 aromatic carbocycles. The number of rotatable bonds is 7. The third-order valence-corrected chi connectivity index (χ3v) is 7.57. The molecule has 2 heterocycles. The number of nitrogens with one attached hydrogen (secondary N) is 1. The van der Waals surface area contributed by atoms with Crippen molar-refractivity contribution in [1.29, 1.82) is 0 Å². The second-order valence-electron chi connectivity index (χ2n) is 5.71. The van der Waals surface area contributed by atoms with Gasteiger partial charge in [-0.15, -0.1) is 10.2 Å². The minimum absolute atomic E-state index is 0.110. The quantitative estimate of drug-likeness (QED) is 0.376. The molecule has 10 nitrogen and oxygen atoms in total. The van der Waals surface area contributed by atoms with Crippen LogP contribution in [0.4, 0.5) is 5.13 Å². The minimum atomic E-state index is -3.54. The van der Waals surface area contributed by atoms with Crippen molar-refractivity contribution >= 4 is 50.3 Å². The Labute approximate surface area is 160 Å². The van der Waals surface area contributed by atoms with Crippen LogP contribution in [0.5, 0.6) is 0 Å². The van der Waals surface area contributed by atoms with Crippen LogP contribution >= 0.6 is 23.1 Å². The smallest absolute Gasteiger partial charge is 0.316 e. The zero-order chi connectivity index (χ0) is 19.3. The second kappa shape index (κ2) is 9.08. The highest BCUT2D eigenvalue weighted by Gasteiger charge is 2.33. The van der Waals surface area contributed by atoms with Gasteiger partial charge in [0.05, 0.1) is 18.8 Å². The summed E-state index contributed by atoms with van der Waals surface area (Å²) in [5.41, 5.74) is 0. The minimum Gasteiger partial charge on any atom is -0.468 e. The Morgan fingerprint density at radius 2 is 2.15 bits per heavy atom. The number of piperidine rings is 1. The summed E-state index contributed by atoms with van der Waals surface area (Å²) < 4.78 is 32.0. The van der Waals surface area contributed by atoms with E-state index in [0.717, 1.165) is 15.6 Å². The van der Waals surface area contributed by atoms with Crippen LogP contribution < -0.4 is 5.32 Å². The number of amides is 1. The van der Waals surface area contributed by atoms with E-state index < -0.39 is 16.1 Å². The van der Waals surface area contributed by atoms with Gasteiger partial charge in [0.15, 0.2) is 4.34 Å². The van der Waals surface area contributed by atoms with E-state index in [-0.39, 0.29) is 24.2 Å². The topological polar surface area (TPSA) is 122 Å². The third kappa shape index (κ3) is 5.36. The molecule has 1 atom stereocenters. The maximum atomic E-state index is 12.4. The zero-order valence-corrected chi connectivity index (χ0v) is 17.1. The molecule has 1 amide bonds. The number of hydrogen-bond acceptors (Lipinski definition) is 9. The molecule has 1 aromatic rings. The molecule has 1 N–H and O–H groups in total. The average Bonchev–Trinajstić information content (AvgIpc) is 3.06. The molecule has 13 heteroatoms. The van der Waals surface area contributed by atoms with E-state index in [9.17, 15) is 18.0 Å². The Bertz CT molecular complexity index is 751. The number of nitrogens with zero attached hydrogens (tertiary/aromatic N) is 4.